The van der Waals surface area contributed by atoms with Gasteiger partial charge in [0.25, 0.3) is 5.56 Å². The Hall–Kier alpha value is -2.58. The molecule has 1 fully saturated rings. The summed E-state index contributed by atoms with van der Waals surface area (Å²) in [5.74, 6) is 0.732. The number of quaternary nitrogens is 1. The quantitative estimate of drug-likeness (QED) is 0.648. The van der Waals surface area contributed by atoms with E-state index in [9.17, 15) is 4.79 Å². The molecule has 1 aromatic carbocycles. The predicted molar refractivity (Wildman–Crippen MR) is 110 cm³/mol. The number of aromatic nitrogens is 5. The Morgan fingerprint density at radius 1 is 1.21 bits per heavy atom. The normalized spacial score (nSPS) is 16.8. The molecule has 0 aliphatic carbocycles. The number of H-pyrrole nitrogens is 1. The minimum absolute atomic E-state index is 0.0638. The first kappa shape index (κ1) is 19.7. The lowest BCUT2D eigenvalue weighted by atomic mass is 10.0. The third-order valence-corrected chi connectivity index (χ3v) is 5.82. The highest BCUT2D eigenvalue weighted by atomic mass is 16.5. The molecule has 1 aliphatic heterocycles. The number of hydrogen-bond acceptors (Lipinski definition) is 5. The summed E-state index contributed by atoms with van der Waals surface area (Å²) in [6, 6.07) is 7.96. The van der Waals surface area contributed by atoms with Crippen molar-refractivity contribution in [2.24, 2.45) is 0 Å². The second-order valence-electron chi connectivity index (χ2n) is 7.90. The summed E-state index contributed by atoms with van der Waals surface area (Å²) < 4.78 is 7.01. The number of ether oxygens (including phenoxy) is 1. The van der Waals surface area contributed by atoms with Crippen LogP contribution in [0.4, 0.5) is 0 Å². The first-order valence-electron chi connectivity index (χ1n) is 10.4. The van der Waals surface area contributed by atoms with Crippen LogP contribution < -0.4 is 10.5 Å². The zero-order valence-corrected chi connectivity index (χ0v) is 17.1. The molecule has 2 aromatic heterocycles. The fourth-order valence-electron chi connectivity index (χ4n) is 4.31. The molecule has 0 radical (unpaired) electrons. The Kier molecular flexibility index (Phi) is 6.01. The van der Waals surface area contributed by atoms with Crippen molar-refractivity contribution < 1.29 is 9.64 Å². The number of tetrazole rings is 1. The molecule has 2 N–H and O–H groups in total. The van der Waals surface area contributed by atoms with E-state index in [1.54, 1.807) is 11.8 Å². The topological polar surface area (TPSA) is 90.1 Å². The maximum atomic E-state index is 13.2. The van der Waals surface area contributed by atoms with Crippen molar-refractivity contribution >= 4 is 10.9 Å². The summed E-state index contributed by atoms with van der Waals surface area (Å²) in [5, 5.41) is 13.5. The van der Waals surface area contributed by atoms with Crippen LogP contribution in [0.5, 0.6) is 0 Å². The van der Waals surface area contributed by atoms with Crippen molar-refractivity contribution in [3.05, 3.63) is 51.6 Å². The van der Waals surface area contributed by atoms with Crippen molar-refractivity contribution in [3.8, 4) is 0 Å². The lowest BCUT2D eigenvalue weighted by molar-refractivity contribution is -0.925. The van der Waals surface area contributed by atoms with Gasteiger partial charge >= 0.3 is 0 Å². The van der Waals surface area contributed by atoms with Gasteiger partial charge < -0.3 is 14.6 Å². The molecule has 8 heteroatoms. The molecule has 0 unspecified atom stereocenters. The number of benzene rings is 1. The van der Waals surface area contributed by atoms with Crippen LogP contribution in [0.1, 0.15) is 48.7 Å². The van der Waals surface area contributed by atoms with E-state index in [1.807, 2.05) is 19.1 Å². The minimum atomic E-state index is -0.200. The number of hydrogen-bond donors (Lipinski definition) is 2. The molecule has 1 atom stereocenters. The smallest absolute Gasteiger partial charge is 0.258 e. The summed E-state index contributed by atoms with van der Waals surface area (Å²) in [6.07, 6.45) is 4.77. The van der Waals surface area contributed by atoms with E-state index in [2.05, 4.69) is 32.6 Å². The molecule has 4 rings (SSSR count). The van der Waals surface area contributed by atoms with Gasteiger partial charge in [0.2, 0.25) is 5.82 Å². The van der Waals surface area contributed by atoms with Gasteiger partial charge in [-0.1, -0.05) is 12.1 Å². The van der Waals surface area contributed by atoms with Crippen LogP contribution in [0, 0.1) is 6.92 Å². The van der Waals surface area contributed by atoms with E-state index in [1.165, 1.54) is 17.7 Å². The molecule has 154 valence electrons. The van der Waals surface area contributed by atoms with Crippen molar-refractivity contribution in [1.29, 1.82) is 0 Å². The molecule has 8 nitrogen and oxygen atoms in total. The molecule has 0 saturated carbocycles. The van der Waals surface area contributed by atoms with Gasteiger partial charge in [-0.15, -0.1) is 5.10 Å². The first-order valence-corrected chi connectivity index (χ1v) is 10.4. The number of nitrogens with one attached hydrogen (secondary N) is 2. The third kappa shape index (κ3) is 4.23. The first-order chi connectivity index (χ1) is 14.2. The molecule has 0 bridgehead atoms. The molecular formula is C21H29N6O2+. The van der Waals surface area contributed by atoms with Gasteiger partial charge in [-0.3, -0.25) is 4.79 Å². The number of rotatable bonds is 6. The SMILES string of the molecule is COCCn1nnnc1[C@H](c1cc2ccc(C)cc2[nH]c1=O)[NH+]1CCCCCC1. The lowest BCUT2D eigenvalue weighted by Crippen LogP contribution is -3.12. The zero-order chi connectivity index (χ0) is 20.2. The number of pyridine rings is 1. The minimum Gasteiger partial charge on any atom is -0.383 e. The van der Waals surface area contributed by atoms with E-state index in [4.69, 9.17) is 4.74 Å². The predicted octanol–water partition coefficient (Wildman–Crippen LogP) is 1.02. The van der Waals surface area contributed by atoms with Crippen LogP contribution in [0.2, 0.25) is 0 Å². The average Bonchev–Trinajstić information content (AvgIpc) is 2.99. The number of aromatic amines is 1. The lowest BCUT2D eigenvalue weighted by Gasteiger charge is -2.26. The van der Waals surface area contributed by atoms with E-state index in [-0.39, 0.29) is 11.6 Å². The zero-order valence-electron chi connectivity index (χ0n) is 17.1. The van der Waals surface area contributed by atoms with Gasteiger partial charge in [-0.2, -0.15) is 0 Å². The standard InChI is InChI=1S/C21H28N6O2/c1-15-7-8-16-14-17(21(28)22-18(16)13-15)19(26-9-5-3-4-6-10-26)20-23-24-25-27(20)11-12-29-2/h7-8,13-14,19H,3-6,9-12H2,1-2H3,(H,22,28)/p+1/t19-/m0/s1. The van der Waals surface area contributed by atoms with Crippen LogP contribution in [0.15, 0.2) is 29.1 Å². The number of fused-ring (bicyclic) bond motifs is 1. The van der Waals surface area contributed by atoms with E-state index in [0.29, 0.717) is 13.2 Å². The molecular weight excluding hydrogens is 368 g/mol. The van der Waals surface area contributed by atoms with Crippen molar-refractivity contribution in [2.45, 2.75) is 45.2 Å². The molecule has 3 aromatic rings. The second kappa shape index (κ2) is 8.84. The largest absolute Gasteiger partial charge is 0.383 e. The van der Waals surface area contributed by atoms with E-state index in [0.717, 1.165) is 53.8 Å². The average molecular weight is 398 g/mol. The number of nitrogens with zero attached hydrogens (tertiary/aromatic N) is 4. The fourth-order valence-corrected chi connectivity index (χ4v) is 4.31. The third-order valence-electron chi connectivity index (χ3n) is 5.82. The van der Waals surface area contributed by atoms with Crippen LogP contribution in [0.25, 0.3) is 10.9 Å². The van der Waals surface area contributed by atoms with Gasteiger partial charge in [0, 0.05) is 12.6 Å². The molecule has 0 spiro atoms. The van der Waals surface area contributed by atoms with Crippen LogP contribution in [0.3, 0.4) is 0 Å². The molecule has 1 saturated heterocycles. The number of aryl methyl sites for hydroxylation is 1. The highest BCUT2D eigenvalue weighted by molar-refractivity contribution is 5.79. The van der Waals surface area contributed by atoms with Gasteiger partial charge in [-0.05, 0) is 66.1 Å². The Morgan fingerprint density at radius 3 is 2.76 bits per heavy atom. The Bertz CT molecular complexity index is 1020. The number of likely N-dealkylation sites (tertiary alicyclic amines) is 1. The Balaban J connectivity index is 1.83. The second-order valence-corrected chi connectivity index (χ2v) is 7.90. The van der Waals surface area contributed by atoms with Gasteiger partial charge in [0.1, 0.15) is 0 Å². The highest BCUT2D eigenvalue weighted by Gasteiger charge is 2.34. The van der Waals surface area contributed by atoms with Crippen LogP contribution in [-0.4, -0.2) is 52.0 Å². The molecule has 29 heavy (non-hydrogen) atoms. The Labute approximate surface area is 169 Å². The van der Waals surface area contributed by atoms with Gasteiger partial charge in [0.15, 0.2) is 6.04 Å². The number of methoxy groups -OCH3 is 1. The monoisotopic (exact) mass is 397 g/mol. The Morgan fingerprint density at radius 2 is 2.00 bits per heavy atom. The highest BCUT2D eigenvalue weighted by Crippen LogP contribution is 2.20. The van der Waals surface area contributed by atoms with E-state index < -0.39 is 0 Å². The van der Waals surface area contributed by atoms with Crippen molar-refractivity contribution in [3.63, 3.8) is 0 Å². The van der Waals surface area contributed by atoms with Gasteiger partial charge in [-0.25, -0.2) is 4.68 Å². The van der Waals surface area contributed by atoms with Gasteiger partial charge in [0.05, 0.1) is 31.8 Å². The van der Waals surface area contributed by atoms with Crippen LogP contribution in [-0.2, 0) is 11.3 Å². The van der Waals surface area contributed by atoms with E-state index >= 15 is 0 Å². The summed E-state index contributed by atoms with van der Waals surface area (Å²) in [6.45, 7) is 5.13. The molecule has 3 heterocycles. The summed E-state index contributed by atoms with van der Waals surface area (Å²) in [7, 11) is 1.66. The van der Waals surface area contributed by atoms with Crippen molar-refractivity contribution in [1.82, 2.24) is 25.2 Å². The maximum absolute atomic E-state index is 13.2. The molecule has 1 aliphatic rings. The summed E-state index contributed by atoms with van der Waals surface area (Å²) >= 11 is 0. The van der Waals surface area contributed by atoms with Crippen molar-refractivity contribution in [2.75, 3.05) is 26.8 Å². The summed E-state index contributed by atoms with van der Waals surface area (Å²) in [5.41, 5.74) is 2.65. The molecule has 0 amide bonds. The maximum Gasteiger partial charge on any atom is 0.258 e. The van der Waals surface area contributed by atoms with Crippen LogP contribution >= 0.6 is 0 Å². The summed E-state index contributed by atoms with van der Waals surface area (Å²) in [4.78, 5) is 17.6. The fraction of sp³-hybridized carbons (Fsp3) is 0.524.